The zero-order chi connectivity index (χ0) is 14.9. The van der Waals surface area contributed by atoms with Gasteiger partial charge in [0.2, 0.25) is 0 Å². The van der Waals surface area contributed by atoms with Gasteiger partial charge in [-0.25, -0.2) is 14.6 Å². The topological polar surface area (TPSA) is 43.6 Å². The minimum Gasteiger partial charge on any atom is -0.240 e. The molecular weight excluding hydrogens is 272 g/mol. The lowest BCUT2D eigenvalue weighted by Crippen LogP contribution is -2.13. The van der Waals surface area contributed by atoms with Crippen LogP contribution in [0.15, 0.2) is 42.9 Å². The summed E-state index contributed by atoms with van der Waals surface area (Å²) in [6.45, 7) is 2.35. The number of aromatic nitrogens is 4. The van der Waals surface area contributed by atoms with Crippen LogP contribution in [-0.4, -0.2) is 19.7 Å². The van der Waals surface area contributed by atoms with E-state index in [4.69, 9.17) is 0 Å². The Bertz CT molecular complexity index is 778. The third kappa shape index (κ3) is 2.28. The average molecular weight is 292 g/mol. The molecule has 1 saturated carbocycles. The van der Waals surface area contributed by atoms with Gasteiger partial charge in [0.05, 0.1) is 23.0 Å². The van der Waals surface area contributed by atoms with E-state index in [0.717, 1.165) is 22.6 Å². The van der Waals surface area contributed by atoms with Crippen molar-refractivity contribution >= 4 is 11.0 Å². The number of nitrogens with zero attached hydrogens (tertiary/aromatic N) is 4. The molecule has 112 valence electrons. The van der Waals surface area contributed by atoms with Gasteiger partial charge in [0.1, 0.15) is 6.33 Å². The maximum atomic E-state index is 4.61. The Labute approximate surface area is 130 Å². The quantitative estimate of drug-likeness (QED) is 0.714. The van der Waals surface area contributed by atoms with E-state index in [9.17, 15) is 0 Å². The van der Waals surface area contributed by atoms with E-state index in [1.54, 1.807) is 6.33 Å². The van der Waals surface area contributed by atoms with Gasteiger partial charge in [-0.2, -0.15) is 5.10 Å². The largest absolute Gasteiger partial charge is 0.240 e. The molecule has 4 nitrogen and oxygen atoms in total. The molecule has 0 amide bonds. The minimum atomic E-state index is 0.544. The van der Waals surface area contributed by atoms with Crippen LogP contribution >= 0.6 is 0 Å². The predicted molar refractivity (Wildman–Crippen MR) is 87.0 cm³/mol. The average Bonchev–Trinajstić information content (AvgIpc) is 2.99. The van der Waals surface area contributed by atoms with E-state index in [1.807, 2.05) is 29.1 Å². The van der Waals surface area contributed by atoms with Gasteiger partial charge in [-0.3, -0.25) is 0 Å². The minimum absolute atomic E-state index is 0.544. The summed E-state index contributed by atoms with van der Waals surface area (Å²) in [7, 11) is 0. The zero-order valence-electron chi connectivity index (χ0n) is 12.8. The van der Waals surface area contributed by atoms with Gasteiger partial charge in [-0.15, -0.1) is 0 Å². The lowest BCUT2D eigenvalue weighted by atomic mass is 9.80. The number of fused-ring (bicyclic) bond motifs is 1. The van der Waals surface area contributed by atoms with Gasteiger partial charge < -0.3 is 0 Å². The van der Waals surface area contributed by atoms with Crippen molar-refractivity contribution in [1.29, 1.82) is 0 Å². The summed E-state index contributed by atoms with van der Waals surface area (Å²) in [6, 6.07) is 10.2. The van der Waals surface area contributed by atoms with Crippen molar-refractivity contribution in [2.24, 2.45) is 5.92 Å². The smallest absolute Gasteiger partial charge is 0.166 e. The van der Waals surface area contributed by atoms with Crippen LogP contribution in [0.4, 0.5) is 0 Å². The fourth-order valence-corrected chi connectivity index (χ4v) is 3.63. The third-order valence-corrected chi connectivity index (χ3v) is 4.72. The van der Waals surface area contributed by atoms with Gasteiger partial charge in [0.15, 0.2) is 5.65 Å². The second-order valence-electron chi connectivity index (χ2n) is 6.36. The molecule has 0 spiro atoms. The van der Waals surface area contributed by atoms with Crippen molar-refractivity contribution in [2.45, 2.75) is 38.5 Å². The monoisotopic (exact) mass is 292 g/mol. The van der Waals surface area contributed by atoms with E-state index in [2.05, 4.69) is 34.1 Å². The molecule has 1 aliphatic rings. The van der Waals surface area contributed by atoms with Gasteiger partial charge in [-0.05, 0) is 30.9 Å². The van der Waals surface area contributed by atoms with Gasteiger partial charge >= 0.3 is 0 Å². The molecule has 3 aromatic rings. The first-order chi connectivity index (χ1) is 10.8. The van der Waals surface area contributed by atoms with Gasteiger partial charge in [-0.1, -0.05) is 38.0 Å². The SMILES string of the molecule is C[C@@H]1CCC[C@H](c2ncnc3c2cnn3-c2ccccc2)C1. The lowest BCUT2D eigenvalue weighted by Gasteiger charge is -2.26. The van der Waals surface area contributed by atoms with Crippen LogP contribution in [0.3, 0.4) is 0 Å². The Kier molecular flexibility index (Phi) is 3.37. The van der Waals surface area contributed by atoms with Crippen LogP contribution in [0.1, 0.15) is 44.2 Å². The van der Waals surface area contributed by atoms with Crippen LogP contribution in [0.25, 0.3) is 16.7 Å². The van der Waals surface area contributed by atoms with E-state index in [-0.39, 0.29) is 0 Å². The Hall–Kier alpha value is -2.23. The van der Waals surface area contributed by atoms with E-state index in [1.165, 1.54) is 31.4 Å². The van der Waals surface area contributed by atoms with Crippen molar-refractivity contribution in [3.8, 4) is 5.69 Å². The van der Waals surface area contributed by atoms with Crippen LogP contribution in [-0.2, 0) is 0 Å². The van der Waals surface area contributed by atoms with Crippen LogP contribution in [0.2, 0.25) is 0 Å². The Balaban J connectivity index is 1.80. The zero-order valence-corrected chi connectivity index (χ0v) is 12.8. The molecule has 4 rings (SSSR count). The third-order valence-electron chi connectivity index (χ3n) is 4.72. The predicted octanol–water partition coefficient (Wildman–Crippen LogP) is 4.11. The van der Waals surface area contributed by atoms with Crippen molar-refractivity contribution in [1.82, 2.24) is 19.7 Å². The number of hydrogen-bond donors (Lipinski definition) is 0. The molecule has 2 aromatic heterocycles. The summed E-state index contributed by atoms with van der Waals surface area (Å²) in [5.74, 6) is 1.33. The summed E-state index contributed by atoms with van der Waals surface area (Å²) in [5, 5.41) is 5.66. The molecule has 0 bridgehead atoms. The first kappa shape index (κ1) is 13.4. The number of rotatable bonds is 2. The van der Waals surface area contributed by atoms with Crippen molar-refractivity contribution in [3.63, 3.8) is 0 Å². The molecule has 0 unspecified atom stereocenters. The molecular formula is C18H20N4. The molecule has 4 heteroatoms. The number of para-hydroxylation sites is 1. The van der Waals surface area contributed by atoms with Crippen LogP contribution < -0.4 is 0 Å². The van der Waals surface area contributed by atoms with E-state index >= 15 is 0 Å². The van der Waals surface area contributed by atoms with Crippen LogP contribution in [0, 0.1) is 5.92 Å². The summed E-state index contributed by atoms with van der Waals surface area (Å²) in [6.07, 6.45) is 8.71. The van der Waals surface area contributed by atoms with Crippen LogP contribution in [0.5, 0.6) is 0 Å². The second kappa shape index (κ2) is 5.52. The Morgan fingerprint density at radius 1 is 1.09 bits per heavy atom. The standard InChI is InChI=1S/C18H20N4/c1-13-6-5-7-14(10-13)17-16-11-21-22(18(16)20-12-19-17)15-8-3-2-4-9-15/h2-4,8-9,11-14H,5-7,10H2,1H3/t13-,14+/m1/s1. The second-order valence-corrected chi connectivity index (χ2v) is 6.36. The maximum Gasteiger partial charge on any atom is 0.166 e. The first-order valence-corrected chi connectivity index (χ1v) is 8.07. The lowest BCUT2D eigenvalue weighted by molar-refractivity contribution is 0.341. The number of hydrogen-bond acceptors (Lipinski definition) is 3. The Morgan fingerprint density at radius 3 is 2.77 bits per heavy atom. The Morgan fingerprint density at radius 2 is 1.95 bits per heavy atom. The summed E-state index contributed by atoms with van der Waals surface area (Å²) >= 11 is 0. The molecule has 1 fully saturated rings. The highest BCUT2D eigenvalue weighted by Gasteiger charge is 2.24. The van der Waals surface area contributed by atoms with Crippen molar-refractivity contribution in [2.75, 3.05) is 0 Å². The molecule has 2 atom stereocenters. The highest BCUT2D eigenvalue weighted by Crippen LogP contribution is 2.37. The van der Waals surface area contributed by atoms with E-state index in [0.29, 0.717) is 5.92 Å². The molecule has 0 N–H and O–H groups in total. The fourth-order valence-electron chi connectivity index (χ4n) is 3.63. The van der Waals surface area contributed by atoms with E-state index < -0.39 is 0 Å². The van der Waals surface area contributed by atoms with Gasteiger partial charge in [0.25, 0.3) is 0 Å². The fraction of sp³-hybridized carbons (Fsp3) is 0.389. The molecule has 2 heterocycles. The maximum absolute atomic E-state index is 4.61. The normalized spacial score (nSPS) is 22.0. The molecule has 0 saturated heterocycles. The molecule has 1 aromatic carbocycles. The highest BCUT2D eigenvalue weighted by molar-refractivity contribution is 5.79. The molecule has 0 radical (unpaired) electrons. The van der Waals surface area contributed by atoms with Crippen molar-refractivity contribution < 1.29 is 0 Å². The highest BCUT2D eigenvalue weighted by atomic mass is 15.3. The first-order valence-electron chi connectivity index (χ1n) is 8.07. The summed E-state index contributed by atoms with van der Waals surface area (Å²) in [4.78, 5) is 9.09. The molecule has 22 heavy (non-hydrogen) atoms. The van der Waals surface area contributed by atoms with Gasteiger partial charge in [0, 0.05) is 5.92 Å². The number of benzene rings is 1. The summed E-state index contributed by atoms with van der Waals surface area (Å²) < 4.78 is 1.91. The van der Waals surface area contributed by atoms with Crippen molar-refractivity contribution in [3.05, 3.63) is 48.5 Å². The molecule has 1 aliphatic carbocycles. The summed E-state index contributed by atoms with van der Waals surface area (Å²) in [5.41, 5.74) is 3.13. The molecule has 0 aliphatic heterocycles.